The lowest BCUT2D eigenvalue weighted by molar-refractivity contribution is 0.307. The number of nitrogens with zero attached hydrogens (tertiary/aromatic N) is 3. The molecule has 4 heteroatoms. The van der Waals surface area contributed by atoms with Crippen LogP contribution in [0.15, 0.2) is 6.20 Å². The van der Waals surface area contributed by atoms with Crippen LogP contribution in [0, 0.1) is 5.92 Å². The number of likely N-dealkylation sites (tertiary alicyclic amines) is 1. The highest BCUT2D eigenvalue weighted by Gasteiger charge is 2.34. The molecular formula is C16H26N4. The summed E-state index contributed by atoms with van der Waals surface area (Å²) in [6, 6.07) is 1.49. The second-order valence-corrected chi connectivity index (χ2v) is 6.90. The third kappa shape index (κ3) is 2.40. The monoisotopic (exact) mass is 274 g/mol. The quantitative estimate of drug-likeness (QED) is 0.910. The average molecular weight is 274 g/mol. The molecule has 0 radical (unpaired) electrons. The first-order chi connectivity index (χ1) is 9.81. The van der Waals surface area contributed by atoms with Gasteiger partial charge in [0.25, 0.3) is 0 Å². The minimum Gasteiger partial charge on any atom is -0.309 e. The van der Waals surface area contributed by atoms with Gasteiger partial charge in [-0.15, -0.1) is 0 Å². The molecule has 2 fully saturated rings. The van der Waals surface area contributed by atoms with Crippen LogP contribution < -0.4 is 5.32 Å². The van der Waals surface area contributed by atoms with Crippen molar-refractivity contribution in [3.63, 3.8) is 0 Å². The van der Waals surface area contributed by atoms with E-state index in [2.05, 4.69) is 33.2 Å². The maximum atomic E-state index is 4.44. The van der Waals surface area contributed by atoms with Crippen molar-refractivity contribution < 1.29 is 0 Å². The van der Waals surface area contributed by atoms with E-state index in [-0.39, 0.29) is 0 Å². The number of nitrogens with one attached hydrogen (secondary N) is 1. The molecule has 0 aromatic carbocycles. The number of hydrogen-bond acceptors (Lipinski definition) is 3. The van der Waals surface area contributed by atoms with Crippen LogP contribution in [-0.4, -0.2) is 40.4 Å². The van der Waals surface area contributed by atoms with E-state index in [0.29, 0.717) is 6.04 Å². The van der Waals surface area contributed by atoms with Crippen molar-refractivity contribution in [2.24, 2.45) is 13.0 Å². The first-order valence-corrected chi connectivity index (χ1v) is 8.29. The highest BCUT2D eigenvalue weighted by Crippen LogP contribution is 2.33. The molecule has 0 amide bonds. The van der Waals surface area contributed by atoms with Crippen LogP contribution >= 0.6 is 0 Å². The molecule has 2 unspecified atom stereocenters. The van der Waals surface area contributed by atoms with E-state index in [1.54, 1.807) is 0 Å². The summed E-state index contributed by atoms with van der Waals surface area (Å²) in [5.74, 6) is 0.859. The predicted molar refractivity (Wildman–Crippen MR) is 79.6 cm³/mol. The Morgan fingerprint density at radius 1 is 1.30 bits per heavy atom. The minimum atomic E-state index is 0.544. The zero-order valence-corrected chi connectivity index (χ0v) is 12.5. The summed E-state index contributed by atoms with van der Waals surface area (Å²) in [6.07, 6.45) is 10.1. The second kappa shape index (κ2) is 5.15. The summed E-state index contributed by atoms with van der Waals surface area (Å²) in [6.45, 7) is 3.84. The number of rotatable bonds is 4. The average Bonchev–Trinajstić information content (AvgIpc) is 3.09. The van der Waals surface area contributed by atoms with Crippen molar-refractivity contribution in [1.29, 1.82) is 0 Å². The zero-order chi connectivity index (χ0) is 13.5. The van der Waals surface area contributed by atoms with Crippen molar-refractivity contribution in [3.05, 3.63) is 17.5 Å². The van der Waals surface area contributed by atoms with Gasteiger partial charge in [0.05, 0.1) is 6.20 Å². The predicted octanol–water partition coefficient (Wildman–Crippen LogP) is 1.87. The Hall–Kier alpha value is -0.870. The summed E-state index contributed by atoms with van der Waals surface area (Å²) >= 11 is 0. The van der Waals surface area contributed by atoms with Gasteiger partial charge in [-0.3, -0.25) is 4.68 Å². The van der Waals surface area contributed by atoms with Crippen molar-refractivity contribution in [2.45, 2.75) is 50.6 Å². The summed E-state index contributed by atoms with van der Waals surface area (Å²) in [7, 11) is 2.08. The van der Waals surface area contributed by atoms with Gasteiger partial charge in [-0.2, -0.15) is 5.10 Å². The summed E-state index contributed by atoms with van der Waals surface area (Å²) in [4.78, 5) is 2.71. The second-order valence-electron chi connectivity index (χ2n) is 6.90. The van der Waals surface area contributed by atoms with Gasteiger partial charge in [0.1, 0.15) is 0 Å². The van der Waals surface area contributed by atoms with Gasteiger partial charge >= 0.3 is 0 Å². The molecule has 0 bridgehead atoms. The Labute approximate surface area is 121 Å². The smallest absolute Gasteiger partial charge is 0.0540 e. The Bertz CT molecular complexity index is 477. The number of hydrogen-bond donors (Lipinski definition) is 1. The molecule has 0 spiro atoms. The van der Waals surface area contributed by atoms with Crippen LogP contribution in [0.25, 0.3) is 0 Å². The molecule has 1 saturated carbocycles. The number of aryl methyl sites for hydroxylation is 1. The fraction of sp³-hybridized carbons (Fsp3) is 0.812. The molecule has 1 aliphatic heterocycles. The molecule has 2 atom stereocenters. The fourth-order valence-corrected chi connectivity index (χ4v) is 4.03. The van der Waals surface area contributed by atoms with Gasteiger partial charge in [0.15, 0.2) is 0 Å². The summed E-state index contributed by atoms with van der Waals surface area (Å²) in [5.41, 5.74) is 2.90. The van der Waals surface area contributed by atoms with E-state index in [1.807, 2.05) is 0 Å². The molecule has 1 N–H and O–H groups in total. The van der Waals surface area contributed by atoms with Gasteiger partial charge in [0.2, 0.25) is 0 Å². The molecule has 1 aromatic heterocycles. The lowest BCUT2D eigenvalue weighted by Gasteiger charge is -2.25. The molecular weight excluding hydrogens is 248 g/mol. The third-order valence-electron chi connectivity index (χ3n) is 5.41. The SMILES string of the molecule is Cn1ncc2c1CCCC2NCC1CCN(C2CC2)C1. The van der Waals surface area contributed by atoms with E-state index in [9.17, 15) is 0 Å². The molecule has 2 heterocycles. The van der Waals surface area contributed by atoms with Crippen molar-refractivity contribution in [2.75, 3.05) is 19.6 Å². The fourth-order valence-electron chi connectivity index (χ4n) is 4.03. The van der Waals surface area contributed by atoms with E-state index in [0.717, 1.165) is 12.0 Å². The van der Waals surface area contributed by atoms with E-state index in [1.165, 1.54) is 69.4 Å². The highest BCUT2D eigenvalue weighted by molar-refractivity contribution is 5.24. The molecule has 20 heavy (non-hydrogen) atoms. The topological polar surface area (TPSA) is 33.1 Å². The van der Waals surface area contributed by atoms with Crippen molar-refractivity contribution in [1.82, 2.24) is 20.0 Å². The largest absolute Gasteiger partial charge is 0.309 e. The van der Waals surface area contributed by atoms with E-state index < -0.39 is 0 Å². The van der Waals surface area contributed by atoms with Gasteiger partial charge < -0.3 is 10.2 Å². The Morgan fingerprint density at radius 2 is 2.20 bits per heavy atom. The van der Waals surface area contributed by atoms with Gasteiger partial charge in [0, 0.05) is 36.9 Å². The highest BCUT2D eigenvalue weighted by atomic mass is 15.3. The van der Waals surface area contributed by atoms with Crippen LogP contribution in [0.3, 0.4) is 0 Å². The van der Waals surface area contributed by atoms with Crippen LogP contribution in [0.4, 0.5) is 0 Å². The Balaban J connectivity index is 1.34. The maximum absolute atomic E-state index is 4.44. The molecule has 1 saturated heterocycles. The molecule has 2 aliphatic carbocycles. The van der Waals surface area contributed by atoms with Gasteiger partial charge in [-0.05, 0) is 57.5 Å². The first kappa shape index (κ1) is 12.8. The van der Waals surface area contributed by atoms with Crippen molar-refractivity contribution >= 4 is 0 Å². The van der Waals surface area contributed by atoms with Gasteiger partial charge in [-0.1, -0.05) is 0 Å². The summed E-state index contributed by atoms with van der Waals surface area (Å²) in [5, 5.41) is 8.27. The molecule has 3 aliphatic rings. The number of fused-ring (bicyclic) bond motifs is 1. The molecule has 1 aromatic rings. The Morgan fingerprint density at radius 3 is 3.05 bits per heavy atom. The van der Waals surface area contributed by atoms with Crippen LogP contribution in [-0.2, 0) is 13.5 Å². The standard InChI is InChI=1S/C16H26N4/c1-19-16-4-2-3-15(14(16)10-18-19)17-9-12-7-8-20(11-12)13-5-6-13/h10,12-13,15,17H,2-9,11H2,1H3. The lowest BCUT2D eigenvalue weighted by Crippen LogP contribution is -2.31. The third-order valence-corrected chi connectivity index (χ3v) is 5.41. The lowest BCUT2D eigenvalue weighted by atomic mass is 9.92. The summed E-state index contributed by atoms with van der Waals surface area (Å²) < 4.78 is 2.06. The van der Waals surface area contributed by atoms with E-state index >= 15 is 0 Å². The maximum Gasteiger partial charge on any atom is 0.0540 e. The van der Waals surface area contributed by atoms with E-state index in [4.69, 9.17) is 0 Å². The molecule has 110 valence electrons. The Kier molecular flexibility index (Phi) is 3.31. The molecule has 4 nitrogen and oxygen atoms in total. The zero-order valence-electron chi connectivity index (χ0n) is 12.5. The van der Waals surface area contributed by atoms with Crippen LogP contribution in [0.2, 0.25) is 0 Å². The van der Waals surface area contributed by atoms with Crippen molar-refractivity contribution in [3.8, 4) is 0 Å². The van der Waals surface area contributed by atoms with Crippen LogP contribution in [0.5, 0.6) is 0 Å². The molecule has 4 rings (SSSR count). The van der Waals surface area contributed by atoms with Gasteiger partial charge in [-0.25, -0.2) is 0 Å². The van der Waals surface area contributed by atoms with Crippen LogP contribution in [0.1, 0.15) is 49.4 Å². The first-order valence-electron chi connectivity index (χ1n) is 8.29. The number of aromatic nitrogens is 2. The minimum absolute atomic E-state index is 0.544. The normalized spacial score (nSPS) is 30.6.